The van der Waals surface area contributed by atoms with E-state index in [1.807, 2.05) is 17.5 Å². The number of halogens is 1. The average molecular weight is 275 g/mol. The van der Waals surface area contributed by atoms with Gasteiger partial charge in [-0.25, -0.2) is 0 Å². The Morgan fingerprint density at radius 3 is 3.00 bits per heavy atom. The molecule has 0 atom stereocenters. The van der Waals surface area contributed by atoms with Gasteiger partial charge in [-0.15, -0.1) is 24.0 Å². The van der Waals surface area contributed by atoms with Crippen molar-refractivity contribution in [3.8, 4) is 0 Å². The molecule has 0 saturated carbocycles. The van der Waals surface area contributed by atoms with Crippen LogP contribution in [-0.2, 0) is 6.61 Å². The van der Waals surface area contributed by atoms with Crippen molar-refractivity contribution < 1.29 is 5.11 Å². The molecule has 4 heteroatoms. The molecular weight excluding hydrogens is 268 g/mol. The summed E-state index contributed by atoms with van der Waals surface area (Å²) in [7, 11) is 0. The maximum Gasteiger partial charge on any atom is 0.0693 e. The quantitative estimate of drug-likeness (QED) is 0.764. The smallest absolute Gasteiger partial charge is 0.0693 e. The van der Waals surface area contributed by atoms with Crippen LogP contribution in [-0.4, -0.2) is 5.11 Å². The number of hydrogen-bond acceptors (Lipinski definition) is 3. The first-order chi connectivity index (χ1) is 6.24. The second-order valence-electron chi connectivity index (χ2n) is 2.69. The summed E-state index contributed by atoms with van der Waals surface area (Å²) in [5, 5.41) is 12.2. The highest BCUT2D eigenvalue weighted by Gasteiger charge is 2.08. The average Bonchev–Trinajstić information content (AvgIpc) is 2.60. The molecule has 0 radical (unpaired) electrons. The number of aliphatic hydroxyl groups excluding tert-OH is 1. The molecule has 0 aliphatic heterocycles. The summed E-state index contributed by atoms with van der Waals surface area (Å²) < 4.78 is 2.13. The van der Waals surface area contributed by atoms with Gasteiger partial charge in [0.2, 0.25) is 0 Å². The van der Waals surface area contributed by atoms with E-state index in [1.165, 1.54) is 0 Å². The van der Waals surface area contributed by atoms with Crippen LogP contribution in [0.2, 0.25) is 0 Å². The zero-order valence-corrected chi connectivity index (χ0v) is 9.92. The van der Waals surface area contributed by atoms with Crippen molar-refractivity contribution in [1.29, 1.82) is 0 Å². The van der Waals surface area contributed by atoms with Crippen molar-refractivity contribution in [2.24, 2.45) is 0 Å². The lowest BCUT2D eigenvalue weighted by Crippen LogP contribution is -1.85. The third-order valence-corrected chi connectivity index (χ3v) is 4.37. The van der Waals surface area contributed by atoms with Gasteiger partial charge in [-0.05, 0) is 39.0 Å². The van der Waals surface area contributed by atoms with Crippen LogP contribution < -0.4 is 0 Å². The van der Waals surface area contributed by atoms with Gasteiger partial charge in [0.25, 0.3) is 0 Å². The minimum Gasteiger partial charge on any atom is -0.392 e. The van der Waals surface area contributed by atoms with Crippen molar-refractivity contribution in [1.82, 2.24) is 0 Å². The number of hydrogen-bond donors (Lipinski definition) is 2. The van der Waals surface area contributed by atoms with Crippen molar-refractivity contribution in [3.05, 3.63) is 27.5 Å². The first-order valence-corrected chi connectivity index (χ1v) is 5.84. The lowest BCUT2D eigenvalue weighted by Gasteiger charge is -2.04. The van der Waals surface area contributed by atoms with E-state index in [4.69, 9.17) is 5.11 Å². The maximum atomic E-state index is 9.08. The fourth-order valence-electron chi connectivity index (χ4n) is 1.25. The zero-order valence-electron chi connectivity index (χ0n) is 6.62. The van der Waals surface area contributed by atoms with Gasteiger partial charge < -0.3 is 5.11 Å². The van der Waals surface area contributed by atoms with E-state index >= 15 is 0 Å². The topological polar surface area (TPSA) is 20.2 Å². The number of thiophene rings is 1. The second kappa shape index (κ2) is 3.61. The lowest BCUT2D eigenvalue weighted by molar-refractivity contribution is 0.281. The third-order valence-electron chi connectivity index (χ3n) is 1.90. The van der Waals surface area contributed by atoms with Crippen LogP contribution in [0.3, 0.4) is 0 Å². The van der Waals surface area contributed by atoms with Crippen LogP contribution in [0.1, 0.15) is 5.56 Å². The zero-order chi connectivity index (χ0) is 9.42. The number of aliphatic hydroxyl groups is 1. The van der Waals surface area contributed by atoms with Gasteiger partial charge >= 0.3 is 0 Å². The molecule has 2 aromatic rings. The van der Waals surface area contributed by atoms with Crippen LogP contribution in [0.5, 0.6) is 0 Å². The minimum absolute atomic E-state index is 0.0436. The highest BCUT2D eigenvalue weighted by atomic mass is 79.9. The van der Waals surface area contributed by atoms with Crippen molar-refractivity contribution in [2.75, 3.05) is 0 Å². The van der Waals surface area contributed by atoms with Crippen LogP contribution in [0.4, 0.5) is 0 Å². The molecule has 0 spiro atoms. The van der Waals surface area contributed by atoms with Crippen molar-refractivity contribution in [3.63, 3.8) is 0 Å². The Morgan fingerprint density at radius 2 is 2.31 bits per heavy atom. The molecule has 0 bridgehead atoms. The normalized spacial score (nSPS) is 11.0. The molecule has 0 saturated heterocycles. The summed E-state index contributed by atoms with van der Waals surface area (Å²) in [4.78, 5) is 0.920. The van der Waals surface area contributed by atoms with E-state index < -0.39 is 0 Å². The first-order valence-electron chi connectivity index (χ1n) is 3.72. The Balaban J connectivity index is 2.85. The molecule has 13 heavy (non-hydrogen) atoms. The molecule has 1 aromatic carbocycles. The van der Waals surface area contributed by atoms with E-state index in [9.17, 15) is 0 Å². The summed E-state index contributed by atoms with van der Waals surface area (Å²) in [5.41, 5.74) is 0.889. The number of rotatable bonds is 1. The monoisotopic (exact) mass is 274 g/mol. The van der Waals surface area contributed by atoms with Gasteiger partial charge in [-0.3, -0.25) is 0 Å². The largest absolute Gasteiger partial charge is 0.392 e. The standard InChI is InChI=1S/C9H7BrOS2/c10-8-5(4-11)3-7(12)6-1-2-13-9(6)8/h1-3,11-12H,4H2. The molecule has 0 amide bonds. The van der Waals surface area contributed by atoms with Crippen LogP contribution in [0, 0.1) is 0 Å². The fourth-order valence-corrected chi connectivity index (χ4v) is 3.28. The van der Waals surface area contributed by atoms with E-state index in [1.54, 1.807) is 11.3 Å². The summed E-state index contributed by atoms with van der Waals surface area (Å²) in [5.74, 6) is 0. The minimum atomic E-state index is 0.0436. The molecule has 1 nitrogen and oxygen atoms in total. The van der Waals surface area contributed by atoms with Gasteiger partial charge in [-0.2, -0.15) is 0 Å². The van der Waals surface area contributed by atoms with Gasteiger partial charge in [0.1, 0.15) is 0 Å². The SMILES string of the molecule is OCc1cc(S)c2ccsc2c1Br. The number of benzene rings is 1. The molecule has 1 aromatic heterocycles. The predicted molar refractivity (Wildman–Crippen MR) is 62.7 cm³/mol. The Bertz CT molecular complexity index is 450. The second-order valence-corrected chi connectivity index (χ2v) is 4.88. The Labute approximate surface area is 93.9 Å². The van der Waals surface area contributed by atoms with Gasteiger partial charge in [0.05, 0.1) is 6.61 Å². The third kappa shape index (κ3) is 1.52. The van der Waals surface area contributed by atoms with Crippen molar-refractivity contribution >= 4 is 50.0 Å². The predicted octanol–water partition coefficient (Wildman–Crippen LogP) is 3.44. The van der Waals surface area contributed by atoms with Crippen LogP contribution >= 0.6 is 39.9 Å². The molecule has 1 heterocycles. The maximum absolute atomic E-state index is 9.08. The first kappa shape index (κ1) is 9.52. The number of thiol groups is 1. The molecule has 0 fully saturated rings. The van der Waals surface area contributed by atoms with Gasteiger partial charge in [0.15, 0.2) is 0 Å². The highest BCUT2D eigenvalue weighted by molar-refractivity contribution is 9.10. The van der Waals surface area contributed by atoms with E-state index in [0.29, 0.717) is 0 Å². The summed E-state index contributed by atoms with van der Waals surface area (Å²) in [6.07, 6.45) is 0. The highest BCUT2D eigenvalue weighted by Crippen LogP contribution is 2.35. The molecule has 0 aliphatic carbocycles. The Kier molecular flexibility index (Phi) is 2.65. The van der Waals surface area contributed by atoms with Crippen LogP contribution in [0.25, 0.3) is 10.1 Å². The Hall–Kier alpha value is -0.0300. The lowest BCUT2D eigenvalue weighted by atomic mass is 10.2. The van der Waals surface area contributed by atoms with E-state index in [0.717, 1.165) is 25.0 Å². The van der Waals surface area contributed by atoms with E-state index in [2.05, 4.69) is 28.6 Å². The number of fused-ring (bicyclic) bond motifs is 1. The summed E-state index contributed by atoms with van der Waals surface area (Å²) in [6, 6.07) is 3.93. The van der Waals surface area contributed by atoms with Crippen molar-refractivity contribution in [2.45, 2.75) is 11.5 Å². The fraction of sp³-hybridized carbons (Fsp3) is 0.111. The van der Waals surface area contributed by atoms with Crippen LogP contribution in [0.15, 0.2) is 26.9 Å². The molecule has 1 N–H and O–H groups in total. The van der Waals surface area contributed by atoms with Gasteiger partial charge in [0, 0.05) is 19.5 Å². The summed E-state index contributed by atoms with van der Waals surface area (Å²) in [6.45, 7) is 0.0436. The molecular formula is C9H7BrOS2. The van der Waals surface area contributed by atoms with E-state index in [-0.39, 0.29) is 6.61 Å². The molecule has 0 unspecified atom stereocenters. The summed E-state index contributed by atoms with van der Waals surface area (Å²) >= 11 is 9.48. The molecule has 2 rings (SSSR count). The molecule has 0 aliphatic rings. The van der Waals surface area contributed by atoms with Gasteiger partial charge in [-0.1, -0.05) is 0 Å². The Morgan fingerprint density at radius 1 is 1.54 bits per heavy atom. The molecule has 68 valence electrons.